The zero-order valence-corrected chi connectivity index (χ0v) is 13.6. The number of allylic oxidation sites excluding steroid dienone is 1. The zero-order chi connectivity index (χ0) is 16.1. The minimum Gasteiger partial charge on any atom is -0.337 e. The predicted molar refractivity (Wildman–Crippen MR) is 83.8 cm³/mol. The summed E-state index contributed by atoms with van der Waals surface area (Å²) in [5.41, 5.74) is -0.191. The van der Waals surface area contributed by atoms with Crippen molar-refractivity contribution in [3.05, 3.63) is 41.9 Å². The average Bonchev–Trinajstić information content (AvgIpc) is 2.36. The van der Waals surface area contributed by atoms with Crippen LogP contribution in [0, 0.1) is 5.41 Å². The Bertz CT molecular complexity index is 610. The van der Waals surface area contributed by atoms with E-state index in [9.17, 15) is 13.2 Å². The second-order valence-corrected chi connectivity index (χ2v) is 7.52. The highest BCUT2D eigenvalue weighted by atomic mass is 35.5. The van der Waals surface area contributed by atoms with Gasteiger partial charge >= 0.3 is 6.03 Å². The Labute approximate surface area is 130 Å². The quantitative estimate of drug-likeness (QED) is 0.787. The monoisotopic (exact) mass is 330 g/mol. The lowest BCUT2D eigenvalue weighted by Crippen LogP contribution is -2.43. The SMILES string of the molecule is C=CCC(C)(C)CNC(=O)NS(=O)(=O)c1ccc(Cl)cc1. The Morgan fingerprint density at radius 2 is 1.90 bits per heavy atom. The Morgan fingerprint density at radius 1 is 1.33 bits per heavy atom. The van der Waals surface area contributed by atoms with E-state index in [1.54, 1.807) is 6.08 Å². The van der Waals surface area contributed by atoms with Gasteiger partial charge in [0.15, 0.2) is 0 Å². The average molecular weight is 331 g/mol. The zero-order valence-electron chi connectivity index (χ0n) is 12.0. The van der Waals surface area contributed by atoms with E-state index in [1.165, 1.54) is 24.3 Å². The molecule has 0 atom stereocenters. The minimum atomic E-state index is -3.90. The highest BCUT2D eigenvalue weighted by Gasteiger charge is 2.20. The minimum absolute atomic E-state index is 0.0209. The molecule has 0 fully saturated rings. The molecule has 0 spiro atoms. The molecule has 21 heavy (non-hydrogen) atoms. The lowest BCUT2D eigenvalue weighted by atomic mass is 9.89. The van der Waals surface area contributed by atoms with Crippen molar-refractivity contribution in [1.29, 1.82) is 0 Å². The Balaban J connectivity index is 2.65. The van der Waals surface area contributed by atoms with Crippen LogP contribution in [0.3, 0.4) is 0 Å². The number of carbonyl (C=O) groups is 1. The van der Waals surface area contributed by atoms with Gasteiger partial charge in [0, 0.05) is 11.6 Å². The molecular formula is C14H19ClN2O3S. The molecule has 0 bridgehead atoms. The fourth-order valence-electron chi connectivity index (χ4n) is 1.61. The second kappa shape index (κ2) is 6.95. The van der Waals surface area contributed by atoms with Gasteiger partial charge in [0.25, 0.3) is 10.0 Å². The lowest BCUT2D eigenvalue weighted by Gasteiger charge is -2.23. The number of sulfonamides is 1. The maximum atomic E-state index is 12.0. The van der Waals surface area contributed by atoms with Gasteiger partial charge in [-0.15, -0.1) is 6.58 Å². The first-order chi connectivity index (χ1) is 9.66. The van der Waals surface area contributed by atoms with Crippen molar-refractivity contribution in [1.82, 2.24) is 10.0 Å². The van der Waals surface area contributed by atoms with E-state index < -0.39 is 16.1 Å². The van der Waals surface area contributed by atoms with E-state index in [-0.39, 0.29) is 10.3 Å². The summed E-state index contributed by atoms with van der Waals surface area (Å²) in [6.45, 7) is 7.87. The van der Waals surface area contributed by atoms with Crippen LogP contribution in [0.25, 0.3) is 0 Å². The summed E-state index contributed by atoms with van der Waals surface area (Å²) in [5, 5.41) is 2.96. The van der Waals surface area contributed by atoms with Crippen molar-refractivity contribution >= 4 is 27.7 Å². The van der Waals surface area contributed by atoms with Crippen molar-refractivity contribution < 1.29 is 13.2 Å². The van der Waals surface area contributed by atoms with Gasteiger partial charge in [-0.25, -0.2) is 17.9 Å². The van der Waals surface area contributed by atoms with Crippen LogP contribution in [-0.2, 0) is 10.0 Å². The molecule has 0 saturated heterocycles. The topological polar surface area (TPSA) is 75.3 Å². The van der Waals surface area contributed by atoms with Gasteiger partial charge in [-0.2, -0.15) is 0 Å². The van der Waals surface area contributed by atoms with Crippen LogP contribution in [0.2, 0.25) is 5.02 Å². The third-order valence-electron chi connectivity index (χ3n) is 2.78. The van der Waals surface area contributed by atoms with Crippen LogP contribution in [0.5, 0.6) is 0 Å². The summed E-state index contributed by atoms with van der Waals surface area (Å²) in [4.78, 5) is 11.7. The molecule has 0 aliphatic heterocycles. The first kappa shape index (κ1) is 17.5. The summed E-state index contributed by atoms with van der Waals surface area (Å²) in [5.74, 6) is 0. The third kappa shape index (κ3) is 5.77. The fraction of sp³-hybridized carbons (Fsp3) is 0.357. The van der Waals surface area contributed by atoms with Gasteiger partial charge in [0.2, 0.25) is 0 Å². The predicted octanol–water partition coefficient (Wildman–Crippen LogP) is 2.93. The van der Waals surface area contributed by atoms with Gasteiger partial charge in [0.1, 0.15) is 0 Å². The van der Waals surface area contributed by atoms with Gasteiger partial charge in [-0.1, -0.05) is 31.5 Å². The lowest BCUT2D eigenvalue weighted by molar-refractivity contribution is 0.239. The van der Waals surface area contributed by atoms with Crippen molar-refractivity contribution in [2.45, 2.75) is 25.2 Å². The smallest absolute Gasteiger partial charge is 0.328 e. The maximum absolute atomic E-state index is 12.0. The standard InChI is InChI=1S/C14H19ClN2O3S/c1-4-9-14(2,3)10-16-13(18)17-21(19,20)12-7-5-11(15)6-8-12/h4-8H,1,9-10H2,2-3H3,(H2,16,17,18). The van der Waals surface area contributed by atoms with Crippen LogP contribution < -0.4 is 10.0 Å². The van der Waals surface area contributed by atoms with Crippen LogP contribution in [0.4, 0.5) is 4.79 Å². The van der Waals surface area contributed by atoms with Crippen molar-refractivity contribution in [2.75, 3.05) is 6.54 Å². The van der Waals surface area contributed by atoms with Gasteiger partial charge in [-0.05, 0) is 36.1 Å². The second-order valence-electron chi connectivity index (χ2n) is 5.40. The maximum Gasteiger partial charge on any atom is 0.328 e. The molecular weight excluding hydrogens is 312 g/mol. The molecule has 0 aliphatic carbocycles. The molecule has 1 aromatic rings. The number of rotatable bonds is 6. The molecule has 2 amide bonds. The van der Waals surface area contributed by atoms with E-state index in [2.05, 4.69) is 11.9 Å². The molecule has 5 nitrogen and oxygen atoms in total. The Kier molecular flexibility index (Phi) is 5.80. The molecule has 2 N–H and O–H groups in total. The molecule has 0 aliphatic rings. The van der Waals surface area contributed by atoms with Crippen molar-refractivity contribution in [3.8, 4) is 0 Å². The van der Waals surface area contributed by atoms with Gasteiger partial charge < -0.3 is 5.32 Å². The fourth-order valence-corrected chi connectivity index (χ4v) is 2.67. The highest BCUT2D eigenvalue weighted by molar-refractivity contribution is 7.90. The normalized spacial score (nSPS) is 11.8. The van der Waals surface area contributed by atoms with E-state index in [1.807, 2.05) is 18.6 Å². The summed E-state index contributed by atoms with van der Waals surface area (Å²) >= 11 is 5.69. The first-order valence-corrected chi connectivity index (χ1v) is 8.19. The molecule has 7 heteroatoms. The number of hydrogen-bond acceptors (Lipinski definition) is 3. The third-order valence-corrected chi connectivity index (χ3v) is 4.37. The summed E-state index contributed by atoms with van der Waals surface area (Å²) < 4.78 is 25.9. The number of urea groups is 1. The van der Waals surface area contributed by atoms with Crippen LogP contribution in [0.1, 0.15) is 20.3 Å². The van der Waals surface area contributed by atoms with Crippen molar-refractivity contribution in [2.24, 2.45) is 5.41 Å². The van der Waals surface area contributed by atoms with Crippen molar-refractivity contribution in [3.63, 3.8) is 0 Å². The van der Waals surface area contributed by atoms with Crippen LogP contribution >= 0.6 is 11.6 Å². The van der Waals surface area contributed by atoms with Gasteiger partial charge in [-0.3, -0.25) is 0 Å². The van der Waals surface area contributed by atoms with E-state index in [0.29, 0.717) is 18.0 Å². The number of amides is 2. The molecule has 0 aromatic heterocycles. The first-order valence-electron chi connectivity index (χ1n) is 6.33. The molecule has 0 saturated carbocycles. The van der Waals surface area contributed by atoms with Gasteiger partial charge in [0.05, 0.1) is 4.90 Å². The van der Waals surface area contributed by atoms with E-state index in [4.69, 9.17) is 11.6 Å². The summed E-state index contributed by atoms with van der Waals surface area (Å²) in [7, 11) is -3.90. The number of hydrogen-bond donors (Lipinski definition) is 2. The largest absolute Gasteiger partial charge is 0.337 e. The summed E-state index contributed by atoms with van der Waals surface area (Å²) in [6.07, 6.45) is 2.46. The molecule has 1 rings (SSSR count). The van der Waals surface area contributed by atoms with E-state index >= 15 is 0 Å². The number of nitrogens with one attached hydrogen (secondary N) is 2. The summed E-state index contributed by atoms with van der Waals surface area (Å²) in [6, 6.07) is 4.80. The number of halogens is 1. The Hall–Kier alpha value is -1.53. The van der Waals surface area contributed by atoms with Crippen LogP contribution in [-0.4, -0.2) is 21.0 Å². The molecule has 1 aromatic carbocycles. The molecule has 0 radical (unpaired) electrons. The molecule has 0 unspecified atom stereocenters. The molecule has 0 heterocycles. The number of carbonyl (C=O) groups excluding carboxylic acids is 1. The number of benzene rings is 1. The molecule has 116 valence electrons. The van der Waals surface area contributed by atoms with Crippen LogP contribution in [0.15, 0.2) is 41.8 Å². The Morgan fingerprint density at radius 3 is 2.43 bits per heavy atom. The highest BCUT2D eigenvalue weighted by Crippen LogP contribution is 2.19. The van der Waals surface area contributed by atoms with E-state index in [0.717, 1.165) is 0 Å².